The molecule has 2 heterocycles. The molecule has 6 heteroatoms. The van der Waals surface area contributed by atoms with Gasteiger partial charge in [-0.05, 0) is 48.9 Å². The van der Waals surface area contributed by atoms with Crippen molar-refractivity contribution in [1.82, 2.24) is 9.38 Å². The molecule has 29 heavy (non-hydrogen) atoms. The standard InChI is InChI=1S/C23H21FN4O/c1-15-4-11-22-26-20(14-28(22)13-15)16-5-8-18(9-6-16)25-23(29)17-7-10-21(27(2)3)19(24)12-17/h4-14H,1-3H3,(H,25,29). The smallest absolute Gasteiger partial charge is 0.255 e. The molecule has 2 aromatic carbocycles. The lowest BCUT2D eigenvalue weighted by Crippen LogP contribution is -2.14. The van der Waals surface area contributed by atoms with E-state index in [-0.39, 0.29) is 11.5 Å². The van der Waals surface area contributed by atoms with Crippen LogP contribution in [0.1, 0.15) is 15.9 Å². The zero-order chi connectivity index (χ0) is 20.5. The van der Waals surface area contributed by atoms with E-state index < -0.39 is 5.82 Å². The van der Waals surface area contributed by atoms with Crippen molar-refractivity contribution < 1.29 is 9.18 Å². The van der Waals surface area contributed by atoms with E-state index >= 15 is 0 Å². The number of hydrogen-bond donors (Lipinski definition) is 1. The molecule has 0 saturated carbocycles. The Labute approximate surface area is 168 Å². The Morgan fingerprint density at radius 3 is 2.48 bits per heavy atom. The molecule has 0 spiro atoms. The predicted octanol–water partition coefficient (Wildman–Crippen LogP) is 4.77. The van der Waals surface area contributed by atoms with Crippen molar-refractivity contribution >= 4 is 22.9 Å². The summed E-state index contributed by atoms with van der Waals surface area (Å²) in [6.45, 7) is 2.04. The highest BCUT2D eigenvalue weighted by Crippen LogP contribution is 2.23. The molecule has 2 aromatic heterocycles. The van der Waals surface area contributed by atoms with Gasteiger partial charge in [0.05, 0.1) is 11.4 Å². The van der Waals surface area contributed by atoms with Gasteiger partial charge in [-0.25, -0.2) is 9.37 Å². The number of anilines is 2. The summed E-state index contributed by atoms with van der Waals surface area (Å²) >= 11 is 0. The fourth-order valence-corrected chi connectivity index (χ4v) is 3.18. The Morgan fingerprint density at radius 1 is 1.03 bits per heavy atom. The lowest BCUT2D eigenvalue weighted by Gasteiger charge is -2.14. The van der Waals surface area contributed by atoms with Crippen LogP contribution >= 0.6 is 0 Å². The molecule has 1 N–H and O–H groups in total. The van der Waals surface area contributed by atoms with Crippen molar-refractivity contribution in [3.05, 3.63) is 83.9 Å². The Kier molecular flexibility index (Phi) is 4.76. The average molecular weight is 388 g/mol. The molecule has 0 aliphatic rings. The minimum absolute atomic E-state index is 0.271. The van der Waals surface area contributed by atoms with Gasteiger partial charge in [0.15, 0.2) is 0 Å². The van der Waals surface area contributed by atoms with Crippen LogP contribution in [-0.2, 0) is 0 Å². The van der Waals surface area contributed by atoms with E-state index in [1.807, 2.05) is 60.1 Å². The SMILES string of the molecule is Cc1ccc2nc(-c3ccc(NC(=O)c4ccc(N(C)C)c(F)c4)cc3)cn2c1. The highest BCUT2D eigenvalue weighted by atomic mass is 19.1. The molecule has 0 unspecified atom stereocenters. The number of rotatable bonds is 4. The number of fused-ring (bicyclic) bond motifs is 1. The number of imidazole rings is 1. The number of nitrogens with one attached hydrogen (secondary N) is 1. The summed E-state index contributed by atoms with van der Waals surface area (Å²) in [6, 6.07) is 15.9. The largest absolute Gasteiger partial charge is 0.375 e. The van der Waals surface area contributed by atoms with Crippen LogP contribution in [0.5, 0.6) is 0 Å². The molecule has 0 aliphatic carbocycles. The normalized spacial score (nSPS) is 10.9. The second-order valence-electron chi connectivity index (χ2n) is 7.19. The van der Waals surface area contributed by atoms with E-state index in [2.05, 4.69) is 10.3 Å². The van der Waals surface area contributed by atoms with Gasteiger partial charge in [-0.15, -0.1) is 0 Å². The minimum Gasteiger partial charge on any atom is -0.375 e. The number of carbonyl (C=O) groups excluding carboxylic acids is 1. The second-order valence-corrected chi connectivity index (χ2v) is 7.19. The number of amides is 1. The van der Waals surface area contributed by atoms with Gasteiger partial charge in [-0.3, -0.25) is 4.79 Å². The third kappa shape index (κ3) is 3.82. The van der Waals surface area contributed by atoms with E-state index in [1.165, 1.54) is 6.07 Å². The minimum atomic E-state index is -0.430. The first kappa shape index (κ1) is 18.7. The van der Waals surface area contributed by atoms with Crippen LogP contribution in [0.3, 0.4) is 0 Å². The molecule has 0 bridgehead atoms. The van der Waals surface area contributed by atoms with Crippen molar-refractivity contribution in [3.63, 3.8) is 0 Å². The Morgan fingerprint density at radius 2 is 1.79 bits per heavy atom. The highest BCUT2D eigenvalue weighted by Gasteiger charge is 2.12. The zero-order valence-electron chi connectivity index (χ0n) is 16.5. The molecule has 0 fully saturated rings. The summed E-state index contributed by atoms with van der Waals surface area (Å²) in [4.78, 5) is 18.7. The zero-order valence-corrected chi connectivity index (χ0v) is 16.5. The fraction of sp³-hybridized carbons (Fsp3) is 0.130. The highest BCUT2D eigenvalue weighted by molar-refractivity contribution is 6.04. The van der Waals surface area contributed by atoms with Crippen molar-refractivity contribution in [2.75, 3.05) is 24.3 Å². The quantitative estimate of drug-likeness (QED) is 0.548. The topological polar surface area (TPSA) is 49.6 Å². The number of pyridine rings is 1. The van der Waals surface area contributed by atoms with E-state index in [9.17, 15) is 9.18 Å². The summed E-state index contributed by atoms with van der Waals surface area (Å²) in [5.74, 6) is -0.787. The predicted molar refractivity (Wildman–Crippen MR) is 114 cm³/mol. The van der Waals surface area contributed by atoms with E-state index in [0.717, 1.165) is 22.5 Å². The first-order chi connectivity index (χ1) is 13.9. The molecule has 5 nitrogen and oxygen atoms in total. The molecular formula is C23H21FN4O. The van der Waals surface area contributed by atoms with Gasteiger partial charge in [0.1, 0.15) is 11.5 Å². The maximum Gasteiger partial charge on any atom is 0.255 e. The van der Waals surface area contributed by atoms with Crippen molar-refractivity contribution in [2.24, 2.45) is 0 Å². The van der Waals surface area contributed by atoms with Crippen molar-refractivity contribution in [3.8, 4) is 11.3 Å². The lowest BCUT2D eigenvalue weighted by molar-refractivity contribution is 0.102. The monoisotopic (exact) mass is 388 g/mol. The van der Waals surface area contributed by atoms with Crippen molar-refractivity contribution in [1.29, 1.82) is 0 Å². The Balaban J connectivity index is 1.51. The average Bonchev–Trinajstić information content (AvgIpc) is 3.11. The summed E-state index contributed by atoms with van der Waals surface area (Å²) < 4.78 is 16.1. The fourth-order valence-electron chi connectivity index (χ4n) is 3.18. The summed E-state index contributed by atoms with van der Waals surface area (Å²) in [7, 11) is 3.51. The molecule has 0 aliphatic heterocycles. The van der Waals surface area contributed by atoms with Gasteiger partial charge in [-0.2, -0.15) is 0 Å². The molecular weight excluding hydrogens is 367 g/mol. The van der Waals surface area contributed by atoms with Gasteiger partial charge in [0.2, 0.25) is 0 Å². The first-order valence-electron chi connectivity index (χ1n) is 9.25. The number of halogens is 1. The maximum atomic E-state index is 14.1. The molecule has 4 aromatic rings. The Bertz CT molecular complexity index is 1200. The number of benzene rings is 2. The van der Waals surface area contributed by atoms with Crippen LogP contribution in [0.25, 0.3) is 16.9 Å². The molecule has 1 amide bonds. The lowest BCUT2D eigenvalue weighted by atomic mass is 10.1. The van der Waals surface area contributed by atoms with Crippen LogP contribution in [0.4, 0.5) is 15.8 Å². The summed E-state index contributed by atoms with van der Waals surface area (Å²) in [5, 5.41) is 2.80. The van der Waals surface area contributed by atoms with E-state index in [0.29, 0.717) is 11.4 Å². The second kappa shape index (κ2) is 7.39. The van der Waals surface area contributed by atoms with Crippen LogP contribution in [-0.4, -0.2) is 29.4 Å². The third-order valence-corrected chi connectivity index (χ3v) is 4.73. The number of aryl methyl sites for hydroxylation is 1. The van der Waals surface area contributed by atoms with Gasteiger partial charge in [-0.1, -0.05) is 18.2 Å². The van der Waals surface area contributed by atoms with E-state index in [1.54, 1.807) is 31.1 Å². The van der Waals surface area contributed by atoms with Gasteiger partial charge < -0.3 is 14.6 Å². The molecule has 0 atom stereocenters. The molecule has 4 rings (SSSR count). The van der Waals surface area contributed by atoms with Gasteiger partial charge >= 0.3 is 0 Å². The van der Waals surface area contributed by atoms with E-state index in [4.69, 9.17) is 0 Å². The van der Waals surface area contributed by atoms with Crippen LogP contribution in [0.2, 0.25) is 0 Å². The molecule has 146 valence electrons. The number of carbonyl (C=O) groups is 1. The number of hydrogen-bond acceptors (Lipinski definition) is 3. The molecule has 0 radical (unpaired) electrons. The first-order valence-corrected chi connectivity index (χ1v) is 9.25. The number of aromatic nitrogens is 2. The van der Waals surface area contributed by atoms with Gasteiger partial charge in [0, 0.05) is 43.3 Å². The van der Waals surface area contributed by atoms with Crippen molar-refractivity contribution in [2.45, 2.75) is 6.92 Å². The summed E-state index contributed by atoms with van der Waals surface area (Å²) in [5.41, 5.74) is 5.19. The number of nitrogens with zero attached hydrogens (tertiary/aromatic N) is 3. The Hall–Kier alpha value is -3.67. The van der Waals surface area contributed by atoms with Crippen LogP contribution in [0.15, 0.2) is 67.0 Å². The maximum absolute atomic E-state index is 14.1. The van der Waals surface area contributed by atoms with Crippen LogP contribution < -0.4 is 10.2 Å². The van der Waals surface area contributed by atoms with Crippen LogP contribution in [0, 0.1) is 12.7 Å². The summed E-state index contributed by atoms with van der Waals surface area (Å²) in [6.07, 6.45) is 4.01. The molecule has 0 saturated heterocycles. The third-order valence-electron chi connectivity index (χ3n) is 4.73. The van der Waals surface area contributed by atoms with Gasteiger partial charge in [0.25, 0.3) is 5.91 Å².